The number of aryl methyl sites for hydroxylation is 2. The standard InChI is InChI=1S/C18H21N3O2/c1-13-14(2)21-10-3-5-17(18(21)20-13)23-12-4-11-22-16-8-6-15(19)7-9-16/h3,5-10H,4,11-12,19H2,1-2H3. The molecule has 0 fully saturated rings. The van der Waals surface area contributed by atoms with Crippen LogP contribution in [0.1, 0.15) is 17.8 Å². The number of pyridine rings is 1. The van der Waals surface area contributed by atoms with Gasteiger partial charge in [-0.25, -0.2) is 4.98 Å². The lowest BCUT2D eigenvalue weighted by Crippen LogP contribution is -2.05. The molecule has 0 atom stereocenters. The van der Waals surface area contributed by atoms with E-state index in [1.807, 2.05) is 49.5 Å². The van der Waals surface area contributed by atoms with Crippen LogP contribution < -0.4 is 15.2 Å². The van der Waals surface area contributed by atoms with E-state index in [2.05, 4.69) is 16.3 Å². The van der Waals surface area contributed by atoms with E-state index in [0.29, 0.717) is 13.2 Å². The first-order valence-corrected chi connectivity index (χ1v) is 7.70. The Kier molecular flexibility index (Phi) is 4.37. The molecule has 0 radical (unpaired) electrons. The SMILES string of the molecule is Cc1nc2c(OCCCOc3ccc(N)cc3)cccn2c1C. The van der Waals surface area contributed by atoms with Gasteiger partial charge in [-0.05, 0) is 50.2 Å². The number of nitrogen functional groups attached to an aromatic ring is 1. The normalized spacial score (nSPS) is 10.9. The van der Waals surface area contributed by atoms with Crippen molar-refractivity contribution >= 4 is 11.3 Å². The average Bonchev–Trinajstić information content (AvgIpc) is 2.85. The van der Waals surface area contributed by atoms with Crippen molar-refractivity contribution in [1.82, 2.24) is 9.38 Å². The van der Waals surface area contributed by atoms with Crippen LogP contribution in [0.3, 0.4) is 0 Å². The van der Waals surface area contributed by atoms with Crippen molar-refractivity contribution in [2.45, 2.75) is 20.3 Å². The van der Waals surface area contributed by atoms with Gasteiger partial charge in [-0.1, -0.05) is 0 Å². The largest absolute Gasteiger partial charge is 0.493 e. The van der Waals surface area contributed by atoms with E-state index in [1.54, 1.807) is 0 Å². The number of aromatic nitrogens is 2. The molecule has 0 bridgehead atoms. The molecule has 0 saturated carbocycles. The van der Waals surface area contributed by atoms with Crippen molar-refractivity contribution in [1.29, 1.82) is 0 Å². The molecule has 23 heavy (non-hydrogen) atoms. The Balaban J connectivity index is 1.53. The monoisotopic (exact) mass is 311 g/mol. The highest BCUT2D eigenvalue weighted by Gasteiger charge is 2.08. The minimum atomic E-state index is 0.583. The molecule has 0 aliphatic heterocycles. The zero-order valence-electron chi connectivity index (χ0n) is 13.5. The van der Waals surface area contributed by atoms with Crippen LogP contribution in [0.2, 0.25) is 0 Å². The van der Waals surface area contributed by atoms with Crippen LogP contribution in [0.5, 0.6) is 11.5 Å². The number of nitrogens with two attached hydrogens (primary N) is 1. The molecule has 120 valence electrons. The molecule has 0 unspecified atom stereocenters. The van der Waals surface area contributed by atoms with Gasteiger partial charge in [0, 0.05) is 24.0 Å². The second kappa shape index (κ2) is 6.60. The third kappa shape index (κ3) is 3.39. The van der Waals surface area contributed by atoms with Crippen LogP contribution in [-0.2, 0) is 0 Å². The third-order valence-corrected chi connectivity index (χ3v) is 3.78. The summed E-state index contributed by atoms with van der Waals surface area (Å²) in [5, 5.41) is 0. The molecular formula is C18H21N3O2. The predicted octanol–water partition coefficient (Wildman–Crippen LogP) is 3.38. The van der Waals surface area contributed by atoms with Crippen molar-refractivity contribution in [3.8, 4) is 11.5 Å². The van der Waals surface area contributed by atoms with Gasteiger partial charge in [0.2, 0.25) is 0 Å². The molecule has 5 nitrogen and oxygen atoms in total. The topological polar surface area (TPSA) is 61.8 Å². The minimum absolute atomic E-state index is 0.583. The van der Waals surface area contributed by atoms with E-state index in [4.69, 9.17) is 15.2 Å². The van der Waals surface area contributed by atoms with E-state index in [1.165, 1.54) is 0 Å². The number of hydrogen-bond donors (Lipinski definition) is 1. The van der Waals surface area contributed by atoms with Crippen molar-refractivity contribution in [3.05, 3.63) is 54.0 Å². The van der Waals surface area contributed by atoms with E-state index in [9.17, 15) is 0 Å². The molecule has 0 aliphatic rings. The summed E-state index contributed by atoms with van der Waals surface area (Å²) < 4.78 is 13.6. The van der Waals surface area contributed by atoms with E-state index in [-0.39, 0.29) is 0 Å². The summed E-state index contributed by atoms with van der Waals surface area (Å²) in [5.74, 6) is 1.62. The fourth-order valence-electron chi connectivity index (χ4n) is 2.38. The van der Waals surface area contributed by atoms with Gasteiger partial charge >= 0.3 is 0 Å². The molecule has 0 aliphatic carbocycles. The lowest BCUT2D eigenvalue weighted by molar-refractivity contribution is 0.248. The Bertz CT molecular complexity index is 794. The van der Waals surface area contributed by atoms with Crippen LogP contribution in [0.4, 0.5) is 5.69 Å². The van der Waals surface area contributed by atoms with Gasteiger partial charge in [0.05, 0.1) is 18.9 Å². The Labute approximate surface area is 135 Å². The molecule has 3 aromatic rings. The Morgan fingerprint density at radius 1 is 1.04 bits per heavy atom. The van der Waals surface area contributed by atoms with Crippen LogP contribution in [0.15, 0.2) is 42.6 Å². The molecule has 5 heteroatoms. The number of benzene rings is 1. The van der Waals surface area contributed by atoms with E-state index < -0.39 is 0 Å². The molecule has 0 spiro atoms. The highest BCUT2D eigenvalue weighted by atomic mass is 16.5. The maximum Gasteiger partial charge on any atom is 0.180 e. The lowest BCUT2D eigenvalue weighted by Gasteiger charge is -2.09. The van der Waals surface area contributed by atoms with Crippen LogP contribution in [-0.4, -0.2) is 22.6 Å². The average molecular weight is 311 g/mol. The van der Waals surface area contributed by atoms with Crippen molar-refractivity contribution in [3.63, 3.8) is 0 Å². The van der Waals surface area contributed by atoms with Crippen molar-refractivity contribution in [2.24, 2.45) is 0 Å². The van der Waals surface area contributed by atoms with Crippen LogP contribution >= 0.6 is 0 Å². The first-order valence-electron chi connectivity index (χ1n) is 7.70. The van der Waals surface area contributed by atoms with Gasteiger partial charge in [-0.2, -0.15) is 0 Å². The second-order valence-electron chi connectivity index (χ2n) is 5.47. The summed E-state index contributed by atoms with van der Waals surface area (Å²) in [7, 11) is 0. The van der Waals surface area contributed by atoms with Gasteiger partial charge in [0.15, 0.2) is 11.4 Å². The summed E-state index contributed by atoms with van der Waals surface area (Å²) in [6, 6.07) is 11.3. The zero-order valence-corrected chi connectivity index (χ0v) is 13.5. The molecular weight excluding hydrogens is 290 g/mol. The molecule has 0 saturated heterocycles. The van der Waals surface area contributed by atoms with Gasteiger partial charge in [-0.3, -0.25) is 0 Å². The summed E-state index contributed by atoms with van der Waals surface area (Å²) >= 11 is 0. The zero-order chi connectivity index (χ0) is 16.2. The number of rotatable bonds is 6. The van der Waals surface area contributed by atoms with E-state index in [0.717, 1.165) is 40.6 Å². The van der Waals surface area contributed by atoms with Gasteiger partial charge in [0.25, 0.3) is 0 Å². The summed E-state index contributed by atoms with van der Waals surface area (Å²) in [6.45, 7) is 5.24. The number of fused-ring (bicyclic) bond motifs is 1. The molecule has 1 aromatic carbocycles. The summed E-state index contributed by atoms with van der Waals surface area (Å²) in [6.07, 6.45) is 2.80. The lowest BCUT2D eigenvalue weighted by atomic mass is 10.3. The maximum absolute atomic E-state index is 5.86. The number of imidazole rings is 1. The van der Waals surface area contributed by atoms with Crippen LogP contribution in [0.25, 0.3) is 5.65 Å². The van der Waals surface area contributed by atoms with Crippen LogP contribution in [0, 0.1) is 13.8 Å². The van der Waals surface area contributed by atoms with Crippen molar-refractivity contribution in [2.75, 3.05) is 18.9 Å². The number of nitrogens with zero attached hydrogens (tertiary/aromatic N) is 2. The number of ether oxygens (including phenoxy) is 2. The summed E-state index contributed by atoms with van der Waals surface area (Å²) in [5.41, 5.74) is 9.40. The first kappa shape index (κ1) is 15.2. The molecule has 2 N–H and O–H groups in total. The smallest absolute Gasteiger partial charge is 0.180 e. The second-order valence-corrected chi connectivity index (χ2v) is 5.47. The third-order valence-electron chi connectivity index (χ3n) is 3.78. The minimum Gasteiger partial charge on any atom is -0.493 e. The quantitative estimate of drug-likeness (QED) is 0.560. The molecule has 2 heterocycles. The maximum atomic E-state index is 5.86. The molecule has 0 amide bonds. The Hall–Kier alpha value is -2.69. The predicted molar refractivity (Wildman–Crippen MR) is 91.1 cm³/mol. The Morgan fingerprint density at radius 3 is 2.57 bits per heavy atom. The van der Waals surface area contributed by atoms with E-state index >= 15 is 0 Å². The number of hydrogen-bond acceptors (Lipinski definition) is 4. The van der Waals surface area contributed by atoms with Crippen molar-refractivity contribution < 1.29 is 9.47 Å². The fraction of sp³-hybridized carbons (Fsp3) is 0.278. The molecule has 3 rings (SSSR count). The van der Waals surface area contributed by atoms with Gasteiger partial charge in [-0.15, -0.1) is 0 Å². The highest BCUT2D eigenvalue weighted by molar-refractivity contribution is 5.55. The van der Waals surface area contributed by atoms with Gasteiger partial charge < -0.3 is 19.6 Å². The fourth-order valence-corrected chi connectivity index (χ4v) is 2.38. The Morgan fingerprint density at radius 2 is 1.78 bits per heavy atom. The first-order chi connectivity index (χ1) is 11.1. The molecule has 2 aromatic heterocycles. The highest BCUT2D eigenvalue weighted by Crippen LogP contribution is 2.21. The number of anilines is 1. The summed E-state index contributed by atoms with van der Waals surface area (Å²) in [4.78, 5) is 4.56. The van der Waals surface area contributed by atoms with Gasteiger partial charge in [0.1, 0.15) is 5.75 Å².